The fraction of sp³-hybridized carbons (Fsp3) is 0.316. The zero-order valence-electron chi connectivity index (χ0n) is 12.8. The van der Waals surface area contributed by atoms with Gasteiger partial charge in [-0.15, -0.1) is 0 Å². The number of rotatable bonds is 1. The molecule has 2 aromatic carbocycles. The van der Waals surface area contributed by atoms with Gasteiger partial charge in [-0.2, -0.15) is 0 Å². The molecule has 0 bridgehead atoms. The molecular weight excluding hydrogens is 272 g/mol. The predicted molar refractivity (Wildman–Crippen MR) is 86.8 cm³/mol. The lowest BCUT2D eigenvalue weighted by molar-refractivity contribution is -0.129. The van der Waals surface area contributed by atoms with E-state index >= 15 is 0 Å². The fourth-order valence-electron chi connectivity index (χ4n) is 3.74. The molecule has 2 atom stereocenters. The lowest BCUT2D eigenvalue weighted by atomic mass is 9.80. The molecule has 2 aliphatic rings. The minimum absolute atomic E-state index is 0.119. The van der Waals surface area contributed by atoms with Crippen molar-refractivity contribution in [3.63, 3.8) is 0 Å². The van der Waals surface area contributed by atoms with Crippen LogP contribution in [-0.4, -0.2) is 30.4 Å². The highest BCUT2D eigenvalue weighted by atomic mass is 16.2. The average molecular weight is 292 g/mol. The van der Waals surface area contributed by atoms with E-state index in [2.05, 4.69) is 59.6 Å². The molecule has 2 unspecified atom stereocenters. The highest BCUT2D eigenvalue weighted by Crippen LogP contribution is 2.40. The topological polar surface area (TPSA) is 32.3 Å². The Hall–Kier alpha value is -2.13. The molecule has 0 aliphatic carbocycles. The number of fused-ring (bicyclic) bond motifs is 3. The first-order valence-corrected chi connectivity index (χ1v) is 7.91. The Bertz CT molecular complexity index is 708. The molecule has 1 N–H and O–H groups in total. The fourth-order valence-corrected chi connectivity index (χ4v) is 3.74. The SMILES string of the molecule is Cc1ccc(C2CN3CCNC(=O)C3c3ccccc32)cc1. The smallest absolute Gasteiger partial charge is 0.242 e. The summed E-state index contributed by atoms with van der Waals surface area (Å²) < 4.78 is 0. The summed E-state index contributed by atoms with van der Waals surface area (Å²) >= 11 is 0. The summed E-state index contributed by atoms with van der Waals surface area (Å²) in [6.07, 6.45) is 0. The average Bonchev–Trinajstić information content (AvgIpc) is 2.55. The molecule has 112 valence electrons. The standard InChI is InChI=1S/C19H20N2O/c1-13-6-8-14(9-7-13)17-12-21-11-10-20-19(22)18(21)16-5-3-2-4-15(16)17/h2-9,17-18H,10-12H2,1H3,(H,20,22). The van der Waals surface area contributed by atoms with Gasteiger partial charge in [-0.05, 0) is 23.6 Å². The van der Waals surface area contributed by atoms with Gasteiger partial charge in [0.2, 0.25) is 5.91 Å². The summed E-state index contributed by atoms with van der Waals surface area (Å²) in [6, 6.07) is 17.1. The molecule has 3 heteroatoms. The van der Waals surface area contributed by atoms with E-state index < -0.39 is 0 Å². The molecule has 2 heterocycles. The second-order valence-electron chi connectivity index (χ2n) is 6.28. The van der Waals surface area contributed by atoms with E-state index in [0.29, 0.717) is 5.92 Å². The first kappa shape index (κ1) is 13.5. The summed E-state index contributed by atoms with van der Waals surface area (Å²) in [5.74, 6) is 0.486. The van der Waals surface area contributed by atoms with Crippen LogP contribution < -0.4 is 5.32 Å². The number of benzene rings is 2. The van der Waals surface area contributed by atoms with Crippen molar-refractivity contribution in [1.82, 2.24) is 10.2 Å². The van der Waals surface area contributed by atoms with Crippen LogP contribution in [0.1, 0.15) is 34.2 Å². The maximum Gasteiger partial charge on any atom is 0.242 e. The Kier molecular flexibility index (Phi) is 3.23. The molecule has 2 aromatic rings. The van der Waals surface area contributed by atoms with E-state index in [-0.39, 0.29) is 11.9 Å². The largest absolute Gasteiger partial charge is 0.353 e. The maximum absolute atomic E-state index is 12.3. The van der Waals surface area contributed by atoms with Gasteiger partial charge in [0.15, 0.2) is 0 Å². The van der Waals surface area contributed by atoms with Gasteiger partial charge in [-0.1, -0.05) is 54.1 Å². The van der Waals surface area contributed by atoms with Crippen LogP contribution in [-0.2, 0) is 4.79 Å². The molecular formula is C19H20N2O. The summed E-state index contributed by atoms with van der Waals surface area (Å²) in [5, 5.41) is 3.00. The number of carbonyl (C=O) groups excluding carboxylic acids is 1. The number of aryl methyl sites for hydroxylation is 1. The van der Waals surface area contributed by atoms with Crippen molar-refractivity contribution >= 4 is 5.91 Å². The van der Waals surface area contributed by atoms with Gasteiger partial charge in [-0.25, -0.2) is 0 Å². The minimum Gasteiger partial charge on any atom is -0.353 e. The van der Waals surface area contributed by atoms with Crippen LogP contribution in [0, 0.1) is 6.92 Å². The monoisotopic (exact) mass is 292 g/mol. The van der Waals surface area contributed by atoms with Gasteiger partial charge in [0.25, 0.3) is 0 Å². The number of nitrogens with one attached hydrogen (secondary N) is 1. The number of amides is 1. The summed E-state index contributed by atoms with van der Waals surface area (Å²) in [7, 11) is 0. The third-order valence-corrected chi connectivity index (χ3v) is 4.87. The van der Waals surface area contributed by atoms with E-state index in [1.54, 1.807) is 0 Å². The first-order chi connectivity index (χ1) is 10.7. The van der Waals surface area contributed by atoms with Gasteiger partial charge >= 0.3 is 0 Å². The zero-order chi connectivity index (χ0) is 15.1. The van der Waals surface area contributed by atoms with Gasteiger partial charge < -0.3 is 5.32 Å². The Morgan fingerprint density at radius 1 is 1.05 bits per heavy atom. The third kappa shape index (κ3) is 2.13. The molecule has 0 spiro atoms. The maximum atomic E-state index is 12.3. The van der Waals surface area contributed by atoms with E-state index in [1.807, 2.05) is 6.07 Å². The van der Waals surface area contributed by atoms with E-state index in [9.17, 15) is 4.79 Å². The molecule has 3 nitrogen and oxygen atoms in total. The highest BCUT2D eigenvalue weighted by molar-refractivity contribution is 5.85. The predicted octanol–water partition coefficient (Wildman–Crippen LogP) is 2.61. The van der Waals surface area contributed by atoms with Crippen LogP contribution in [0.4, 0.5) is 0 Å². The zero-order valence-corrected chi connectivity index (χ0v) is 12.8. The van der Waals surface area contributed by atoms with Gasteiger partial charge in [-0.3, -0.25) is 9.69 Å². The molecule has 2 aliphatic heterocycles. The Balaban J connectivity index is 1.82. The number of hydrogen-bond donors (Lipinski definition) is 1. The van der Waals surface area contributed by atoms with Crippen molar-refractivity contribution in [1.29, 1.82) is 0 Å². The Morgan fingerprint density at radius 3 is 2.55 bits per heavy atom. The molecule has 0 radical (unpaired) electrons. The van der Waals surface area contributed by atoms with Crippen LogP contribution in [0.5, 0.6) is 0 Å². The number of nitrogens with zero attached hydrogens (tertiary/aromatic N) is 1. The Morgan fingerprint density at radius 2 is 1.77 bits per heavy atom. The molecule has 1 amide bonds. The molecule has 1 fully saturated rings. The quantitative estimate of drug-likeness (QED) is 0.876. The van der Waals surface area contributed by atoms with Crippen LogP contribution in [0.15, 0.2) is 48.5 Å². The first-order valence-electron chi connectivity index (χ1n) is 7.91. The van der Waals surface area contributed by atoms with Crippen molar-refractivity contribution in [2.45, 2.75) is 18.9 Å². The normalized spacial score (nSPS) is 24.3. The van der Waals surface area contributed by atoms with Crippen LogP contribution >= 0.6 is 0 Å². The minimum atomic E-state index is -0.119. The number of piperazine rings is 1. The van der Waals surface area contributed by atoms with Gasteiger partial charge in [0.1, 0.15) is 6.04 Å². The summed E-state index contributed by atoms with van der Waals surface area (Å²) in [5.41, 5.74) is 5.08. The van der Waals surface area contributed by atoms with Crippen molar-refractivity contribution < 1.29 is 4.79 Å². The van der Waals surface area contributed by atoms with Gasteiger partial charge in [0, 0.05) is 25.6 Å². The van der Waals surface area contributed by atoms with Crippen molar-refractivity contribution in [3.05, 3.63) is 70.8 Å². The van der Waals surface area contributed by atoms with Crippen LogP contribution in [0.2, 0.25) is 0 Å². The van der Waals surface area contributed by atoms with E-state index in [4.69, 9.17) is 0 Å². The second kappa shape index (κ2) is 5.25. The summed E-state index contributed by atoms with van der Waals surface area (Å²) in [4.78, 5) is 14.7. The second-order valence-corrected chi connectivity index (χ2v) is 6.28. The molecule has 1 saturated heterocycles. The van der Waals surface area contributed by atoms with Crippen molar-refractivity contribution in [2.75, 3.05) is 19.6 Å². The number of carbonyl (C=O) groups is 1. The lowest BCUT2D eigenvalue weighted by Gasteiger charge is -2.43. The molecule has 4 rings (SSSR count). The van der Waals surface area contributed by atoms with E-state index in [0.717, 1.165) is 25.2 Å². The molecule has 22 heavy (non-hydrogen) atoms. The van der Waals surface area contributed by atoms with Crippen LogP contribution in [0.25, 0.3) is 0 Å². The molecule has 0 aromatic heterocycles. The van der Waals surface area contributed by atoms with Crippen molar-refractivity contribution in [3.8, 4) is 0 Å². The lowest BCUT2D eigenvalue weighted by Crippen LogP contribution is -2.53. The van der Waals surface area contributed by atoms with Crippen molar-refractivity contribution in [2.24, 2.45) is 0 Å². The van der Waals surface area contributed by atoms with Crippen LogP contribution in [0.3, 0.4) is 0 Å². The number of hydrogen-bond acceptors (Lipinski definition) is 2. The Labute approximate surface area is 131 Å². The summed E-state index contributed by atoms with van der Waals surface area (Å²) in [6.45, 7) is 4.70. The van der Waals surface area contributed by atoms with Gasteiger partial charge in [0.05, 0.1) is 0 Å². The molecule has 0 saturated carbocycles. The third-order valence-electron chi connectivity index (χ3n) is 4.87. The van der Waals surface area contributed by atoms with E-state index in [1.165, 1.54) is 16.7 Å². The highest BCUT2D eigenvalue weighted by Gasteiger charge is 2.39.